The second-order valence-electron chi connectivity index (χ2n) is 3.96. The standard InChI is InChI=1S/C12H12F2N4O/c1-2-10(8-5-7(13)3-4-9(8)14)16-12(19)11-6-15-18-17-11/h3-6,10H,2H2,1H3,(H,16,19)(H,15,17,18). The zero-order valence-corrected chi connectivity index (χ0v) is 10.2. The first-order valence-electron chi connectivity index (χ1n) is 5.73. The van der Waals surface area contributed by atoms with Crippen LogP contribution in [0, 0.1) is 11.6 Å². The SMILES string of the molecule is CCC(NC(=O)c1cn[nH]n1)c1cc(F)ccc1F. The van der Waals surface area contributed by atoms with E-state index in [0.717, 1.165) is 18.2 Å². The maximum atomic E-state index is 13.6. The van der Waals surface area contributed by atoms with Crippen molar-refractivity contribution >= 4 is 5.91 Å². The van der Waals surface area contributed by atoms with Crippen molar-refractivity contribution in [2.75, 3.05) is 0 Å². The molecular formula is C12H12F2N4O. The molecule has 5 nitrogen and oxygen atoms in total. The van der Waals surface area contributed by atoms with Crippen molar-refractivity contribution in [2.45, 2.75) is 19.4 Å². The lowest BCUT2D eigenvalue weighted by molar-refractivity contribution is 0.0929. The molecule has 0 aliphatic heterocycles. The van der Waals surface area contributed by atoms with E-state index in [4.69, 9.17) is 0 Å². The first-order chi connectivity index (χ1) is 9.11. The molecule has 19 heavy (non-hydrogen) atoms. The number of carbonyl (C=O) groups excluding carboxylic acids is 1. The van der Waals surface area contributed by atoms with Crippen molar-refractivity contribution in [1.82, 2.24) is 20.7 Å². The summed E-state index contributed by atoms with van der Waals surface area (Å²) in [7, 11) is 0. The number of carbonyl (C=O) groups is 1. The second kappa shape index (κ2) is 5.55. The summed E-state index contributed by atoms with van der Waals surface area (Å²) >= 11 is 0. The third-order valence-electron chi connectivity index (χ3n) is 2.69. The molecule has 2 N–H and O–H groups in total. The number of benzene rings is 1. The van der Waals surface area contributed by atoms with Crippen molar-refractivity contribution in [1.29, 1.82) is 0 Å². The van der Waals surface area contributed by atoms with Gasteiger partial charge in [0.05, 0.1) is 12.2 Å². The van der Waals surface area contributed by atoms with Crippen LogP contribution in [0.4, 0.5) is 8.78 Å². The molecule has 0 radical (unpaired) electrons. The molecule has 0 bridgehead atoms. The van der Waals surface area contributed by atoms with E-state index < -0.39 is 23.6 Å². The molecule has 0 saturated carbocycles. The summed E-state index contributed by atoms with van der Waals surface area (Å²) in [4.78, 5) is 11.8. The quantitative estimate of drug-likeness (QED) is 0.888. The maximum Gasteiger partial charge on any atom is 0.273 e. The number of H-pyrrole nitrogens is 1. The van der Waals surface area contributed by atoms with Crippen LogP contribution in [0.1, 0.15) is 35.4 Å². The van der Waals surface area contributed by atoms with Crippen molar-refractivity contribution < 1.29 is 13.6 Å². The van der Waals surface area contributed by atoms with E-state index in [-0.39, 0.29) is 11.3 Å². The minimum absolute atomic E-state index is 0.0928. The van der Waals surface area contributed by atoms with Crippen LogP contribution in [0.15, 0.2) is 24.4 Å². The van der Waals surface area contributed by atoms with Gasteiger partial charge in [0.2, 0.25) is 0 Å². The molecule has 0 aliphatic rings. The van der Waals surface area contributed by atoms with Gasteiger partial charge in [-0.3, -0.25) is 4.79 Å². The summed E-state index contributed by atoms with van der Waals surface area (Å²) in [5.74, 6) is -1.61. The Morgan fingerprint density at radius 2 is 2.26 bits per heavy atom. The highest BCUT2D eigenvalue weighted by molar-refractivity contribution is 5.92. The van der Waals surface area contributed by atoms with Crippen LogP contribution < -0.4 is 5.32 Å². The van der Waals surface area contributed by atoms with E-state index in [1.54, 1.807) is 6.92 Å². The highest BCUT2D eigenvalue weighted by atomic mass is 19.1. The fourth-order valence-corrected chi connectivity index (χ4v) is 1.72. The summed E-state index contributed by atoms with van der Waals surface area (Å²) in [6.07, 6.45) is 1.67. The van der Waals surface area contributed by atoms with E-state index >= 15 is 0 Å². The minimum Gasteiger partial charge on any atom is -0.344 e. The first-order valence-corrected chi connectivity index (χ1v) is 5.73. The third kappa shape index (κ3) is 2.93. The van der Waals surface area contributed by atoms with Gasteiger partial charge in [-0.1, -0.05) is 6.92 Å². The molecule has 0 spiro atoms. The number of rotatable bonds is 4. The lowest BCUT2D eigenvalue weighted by Crippen LogP contribution is -2.29. The van der Waals surface area contributed by atoms with Crippen LogP contribution in [0.3, 0.4) is 0 Å². The molecule has 1 aromatic heterocycles. The fourth-order valence-electron chi connectivity index (χ4n) is 1.72. The van der Waals surface area contributed by atoms with Gasteiger partial charge >= 0.3 is 0 Å². The van der Waals surface area contributed by atoms with Crippen LogP contribution in [0.5, 0.6) is 0 Å². The van der Waals surface area contributed by atoms with Crippen LogP contribution in [-0.4, -0.2) is 21.3 Å². The van der Waals surface area contributed by atoms with Gasteiger partial charge < -0.3 is 5.32 Å². The number of aromatic nitrogens is 3. The molecule has 1 amide bonds. The monoisotopic (exact) mass is 266 g/mol. The number of aromatic amines is 1. The number of hydrogen-bond donors (Lipinski definition) is 2. The molecule has 2 aromatic rings. The Kier molecular flexibility index (Phi) is 3.84. The molecular weight excluding hydrogens is 254 g/mol. The Balaban J connectivity index is 2.20. The Morgan fingerprint density at radius 3 is 2.89 bits per heavy atom. The molecule has 2 rings (SSSR count). The number of amides is 1. The molecule has 1 atom stereocenters. The summed E-state index contributed by atoms with van der Waals surface area (Å²) in [6, 6.07) is 2.52. The normalized spacial score (nSPS) is 12.2. The summed E-state index contributed by atoms with van der Waals surface area (Å²) < 4.78 is 26.8. The largest absolute Gasteiger partial charge is 0.344 e. The van der Waals surface area contributed by atoms with Gasteiger partial charge in [-0.05, 0) is 24.6 Å². The molecule has 0 fully saturated rings. The van der Waals surface area contributed by atoms with Gasteiger partial charge in [0, 0.05) is 5.56 Å². The topological polar surface area (TPSA) is 70.7 Å². The number of halogens is 2. The molecule has 7 heteroatoms. The average molecular weight is 266 g/mol. The van der Waals surface area contributed by atoms with Crippen molar-refractivity contribution in [3.63, 3.8) is 0 Å². The highest BCUT2D eigenvalue weighted by Gasteiger charge is 2.19. The third-order valence-corrected chi connectivity index (χ3v) is 2.69. The lowest BCUT2D eigenvalue weighted by Gasteiger charge is -2.17. The van der Waals surface area contributed by atoms with Gasteiger partial charge in [-0.2, -0.15) is 15.4 Å². The van der Waals surface area contributed by atoms with Crippen LogP contribution >= 0.6 is 0 Å². The molecule has 100 valence electrons. The van der Waals surface area contributed by atoms with Gasteiger partial charge in [-0.25, -0.2) is 8.78 Å². The fraction of sp³-hybridized carbons (Fsp3) is 0.250. The number of nitrogens with one attached hydrogen (secondary N) is 2. The Bertz CT molecular complexity index is 571. The molecule has 0 saturated heterocycles. The van der Waals surface area contributed by atoms with Crippen molar-refractivity contribution in [2.24, 2.45) is 0 Å². The Hall–Kier alpha value is -2.31. The van der Waals surface area contributed by atoms with Gasteiger partial charge in [0.25, 0.3) is 5.91 Å². The highest BCUT2D eigenvalue weighted by Crippen LogP contribution is 2.21. The molecule has 1 unspecified atom stereocenters. The van der Waals surface area contributed by atoms with Crippen molar-refractivity contribution in [3.8, 4) is 0 Å². The smallest absolute Gasteiger partial charge is 0.273 e. The van der Waals surface area contributed by atoms with Gasteiger partial charge in [-0.15, -0.1) is 0 Å². The van der Waals surface area contributed by atoms with E-state index in [2.05, 4.69) is 20.7 Å². The van der Waals surface area contributed by atoms with Crippen LogP contribution in [0.2, 0.25) is 0 Å². The lowest BCUT2D eigenvalue weighted by atomic mass is 10.0. The minimum atomic E-state index is -0.625. The predicted molar refractivity (Wildman–Crippen MR) is 63.2 cm³/mol. The summed E-state index contributed by atoms with van der Waals surface area (Å²) in [5.41, 5.74) is 0.203. The predicted octanol–water partition coefficient (Wildman–Crippen LogP) is 1.96. The number of hydrogen-bond acceptors (Lipinski definition) is 3. The zero-order chi connectivity index (χ0) is 13.8. The van der Waals surface area contributed by atoms with Crippen LogP contribution in [-0.2, 0) is 0 Å². The Labute approximate surface area is 108 Å². The van der Waals surface area contributed by atoms with E-state index in [1.807, 2.05) is 0 Å². The average Bonchev–Trinajstić information content (AvgIpc) is 2.93. The van der Waals surface area contributed by atoms with Crippen LogP contribution in [0.25, 0.3) is 0 Å². The van der Waals surface area contributed by atoms with E-state index in [0.29, 0.717) is 6.42 Å². The number of nitrogens with zero attached hydrogens (tertiary/aromatic N) is 2. The first kappa shape index (κ1) is 13.1. The molecule has 0 aliphatic carbocycles. The van der Waals surface area contributed by atoms with Gasteiger partial charge in [0.1, 0.15) is 11.6 Å². The second-order valence-corrected chi connectivity index (χ2v) is 3.96. The maximum absolute atomic E-state index is 13.6. The van der Waals surface area contributed by atoms with Gasteiger partial charge in [0.15, 0.2) is 5.69 Å². The van der Waals surface area contributed by atoms with Crippen molar-refractivity contribution in [3.05, 3.63) is 47.3 Å². The van der Waals surface area contributed by atoms with E-state index in [9.17, 15) is 13.6 Å². The molecule has 1 heterocycles. The Morgan fingerprint density at radius 1 is 1.47 bits per heavy atom. The zero-order valence-electron chi connectivity index (χ0n) is 10.2. The summed E-state index contributed by atoms with van der Waals surface area (Å²) in [6.45, 7) is 1.76. The summed E-state index contributed by atoms with van der Waals surface area (Å²) in [5, 5.41) is 12.0. The molecule has 1 aromatic carbocycles. The van der Waals surface area contributed by atoms with E-state index in [1.165, 1.54) is 6.20 Å².